The third-order valence-electron chi connectivity index (χ3n) is 3.11. The molecular formula is C15H19NO5S. The van der Waals surface area contributed by atoms with Crippen LogP contribution in [0, 0.1) is 6.92 Å². The van der Waals surface area contributed by atoms with E-state index in [0.29, 0.717) is 12.0 Å². The van der Waals surface area contributed by atoms with Crippen LogP contribution in [0.1, 0.15) is 28.8 Å². The van der Waals surface area contributed by atoms with Crippen molar-refractivity contribution in [1.29, 1.82) is 0 Å². The minimum absolute atomic E-state index is 0.0538. The van der Waals surface area contributed by atoms with Gasteiger partial charge in [0.05, 0.1) is 4.90 Å². The molecule has 0 aromatic heterocycles. The van der Waals surface area contributed by atoms with E-state index in [1.54, 1.807) is 13.0 Å². The van der Waals surface area contributed by atoms with Gasteiger partial charge in [-0.2, -0.15) is 0 Å². The summed E-state index contributed by atoms with van der Waals surface area (Å²) in [4.78, 5) is 23.3. The molecule has 0 radical (unpaired) electrons. The molecule has 2 N–H and O–H groups in total. The number of rotatable bonds is 7. The maximum atomic E-state index is 12.1. The van der Waals surface area contributed by atoms with Crippen molar-refractivity contribution in [2.45, 2.75) is 30.7 Å². The van der Waals surface area contributed by atoms with Gasteiger partial charge in [0.25, 0.3) is 5.91 Å². The molecular weight excluding hydrogens is 306 g/mol. The molecule has 0 spiro atoms. The number of carbonyl (C=O) groups is 2. The van der Waals surface area contributed by atoms with Crippen LogP contribution in [0.3, 0.4) is 0 Å². The van der Waals surface area contributed by atoms with Gasteiger partial charge in [-0.3, -0.25) is 4.79 Å². The topological polar surface area (TPSA) is 101 Å². The Hall–Kier alpha value is -2.15. The van der Waals surface area contributed by atoms with Crippen LogP contribution < -0.4 is 5.32 Å². The van der Waals surface area contributed by atoms with E-state index in [-0.39, 0.29) is 16.9 Å². The number of aryl methyl sites for hydroxylation is 1. The van der Waals surface area contributed by atoms with Gasteiger partial charge in [0.1, 0.15) is 6.04 Å². The van der Waals surface area contributed by atoms with Gasteiger partial charge in [-0.1, -0.05) is 12.1 Å². The minimum atomic E-state index is -3.46. The van der Waals surface area contributed by atoms with Crippen molar-refractivity contribution < 1.29 is 23.1 Å². The number of hydrogen-bond donors (Lipinski definition) is 2. The second-order valence-corrected chi connectivity index (χ2v) is 6.97. The smallest absolute Gasteiger partial charge is 0.326 e. The van der Waals surface area contributed by atoms with Crippen molar-refractivity contribution in [3.63, 3.8) is 0 Å². The molecule has 0 aliphatic carbocycles. The summed E-state index contributed by atoms with van der Waals surface area (Å²) in [6.45, 7) is 5.13. The number of carboxylic acid groups (broad SMARTS) is 1. The molecule has 0 saturated carbocycles. The fourth-order valence-electron chi connectivity index (χ4n) is 1.92. The number of sulfone groups is 1. The first-order chi connectivity index (χ1) is 10.2. The molecule has 1 aromatic carbocycles. The van der Waals surface area contributed by atoms with Crippen LogP contribution in [-0.2, 0) is 14.6 Å². The minimum Gasteiger partial charge on any atom is -0.480 e. The molecule has 1 unspecified atom stereocenters. The van der Waals surface area contributed by atoms with E-state index < -0.39 is 27.8 Å². The molecule has 0 fully saturated rings. The number of carbonyl (C=O) groups excluding carboxylic acids is 1. The Labute approximate surface area is 129 Å². The number of benzene rings is 1. The molecule has 0 bridgehead atoms. The zero-order valence-corrected chi connectivity index (χ0v) is 13.3. The molecule has 120 valence electrons. The van der Waals surface area contributed by atoms with Crippen LogP contribution in [0.25, 0.3) is 0 Å². The molecule has 22 heavy (non-hydrogen) atoms. The first-order valence-electron chi connectivity index (χ1n) is 6.62. The molecule has 7 heteroatoms. The molecule has 1 aromatic rings. The van der Waals surface area contributed by atoms with Crippen LogP contribution in [0.5, 0.6) is 0 Å². The van der Waals surface area contributed by atoms with Crippen molar-refractivity contribution in [1.82, 2.24) is 5.32 Å². The maximum absolute atomic E-state index is 12.1. The molecule has 0 aliphatic rings. The number of carboxylic acids is 1. The fourth-order valence-corrected chi connectivity index (χ4v) is 2.92. The summed E-state index contributed by atoms with van der Waals surface area (Å²) in [5.41, 5.74) is 0.636. The summed E-state index contributed by atoms with van der Waals surface area (Å²) >= 11 is 0. The van der Waals surface area contributed by atoms with E-state index in [9.17, 15) is 18.0 Å². The van der Waals surface area contributed by atoms with Crippen LogP contribution in [0.15, 0.2) is 35.7 Å². The van der Waals surface area contributed by atoms with Gasteiger partial charge in [-0.05, 0) is 37.5 Å². The Bertz CT molecular complexity index is 694. The summed E-state index contributed by atoms with van der Waals surface area (Å²) in [6, 6.07) is 3.19. The SMILES string of the molecule is C=CCCC(NC(=O)c1ccc(C)c(S(C)(=O)=O)c1)C(=O)O. The van der Waals surface area contributed by atoms with Crippen molar-refractivity contribution in [2.75, 3.05) is 6.26 Å². The zero-order chi connectivity index (χ0) is 16.9. The average molecular weight is 325 g/mol. The van der Waals surface area contributed by atoms with Crippen LogP contribution in [-0.4, -0.2) is 37.7 Å². The highest BCUT2D eigenvalue weighted by Gasteiger charge is 2.21. The van der Waals surface area contributed by atoms with Gasteiger partial charge in [-0.15, -0.1) is 6.58 Å². The van der Waals surface area contributed by atoms with Crippen molar-refractivity contribution in [3.8, 4) is 0 Å². The first-order valence-corrected chi connectivity index (χ1v) is 8.51. The third-order valence-corrected chi connectivity index (χ3v) is 4.35. The van der Waals surface area contributed by atoms with Crippen molar-refractivity contribution >= 4 is 21.7 Å². The van der Waals surface area contributed by atoms with E-state index >= 15 is 0 Å². The van der Waals surface area contributed by atoms with E-state index in [2.05, 4.69) is 11.9 Å². The summed E-state index contributed by atoms with van der Waals surface area (Å²) in [6.07, 6.45) is 3.28. The Morgan fingerprint density at radius 1 is 1.41 bits per heavy atom. The average Bonchev–Trinajstić information content (AvgIpc) is 2.42. The largest absolute Gasteiger partial charge is 0.480 e. The van der Waals surface area contributed by atoms with Crippen LogP contribution in [0.4, 0.5) is 0 Å². The molecule has 0 aliphatic heterocycles. The number of amides is 1. The highest BCUT2D eigenvalue weighted by atomic mass is 32.2. The molecule has 1 atom stereocenters. The fraction of sp³-hybridized carbons (Fsp3) is 0.333. The zero-order valence-electron chi connectivity index (χ0n) is 12.5. The quantitative estimate of drug-likeness (QED) is 0.741. The van der Waals surface area contributed by atoms with E-state index in [1.165, 1.54) is 18.2 Å². The number of nitrogens with one attached hydrogen (secondary N) is 1. The van der Waals surface area contributed by atoms with Gasteiger partial charge < -0.3 is 10.4 Å². The third kappa shape index (κ3) is 4.70. The number of aliphatic carboxylic acids is 1. The molecule has 0 saturated heterocycles. The summed E-state index contributed by atoms with van der Waals surface area (Å²) in [5.74, 6) is -1.77. The number of allylic oxidation sites excluding steroid dienone is 1. The normalized spacial score (nSPS) is 12.5. The maximum Gasteiger partial charge on any atom is 0.326 e. The lowest BCUT2D eigenvalue weighted by Gasteiger charge is -2.14. The Morgan fingerprint density at radius 2 is 2.05 bits per heavy atom. The second kappa shape index (κ2) is 7.22. The highest BCUT2D eigenvalue weighted by Crippen LogP contribution is 2.17. The van der Waals surface area contributed by atoms with Gasteiger partial charge in [0, 0.05) is 11.8 Å². The van der Waals surface area contributed by atoms with Crippen LogP contribution >= 0.6 is 0 Å². The van der Waals surface area contributed by atoms with Crippen molar-refractivity contribution in [2.24, 2.45) is 0 Å². The Balaban J connectivity index is 3.03. The standard InChI is InChI=1S/C15H19NO5S/c1-4-5-6-12(15(18)19)16-14(17)11-8-7-10(2)13(9-11)22(3,20)21/h4,7-9,12H,1,5-6H2,2-3H3,(H,16,17)(H,18,19). The number of hydrogen-bond acceptors (Lipinski definition) is 4. The lowest BCUT2D eigenvalue weighted by atomic mass is 10.1. The second-order valence-electron chi connectivity index (χ2n) is 4.98. The van der Waals surface area contributed by atoms with Gasteiger partial charge in [-0.25, -0.2) is 13.2 Å². The van der Waals surface area contributed by atoms with Gasteiger partial charge >= 0.3 is 5.97 Å². The molecule has 0 heterocycles. The van der Waals surface area contributed by atoms with Crippen molar-refractivity contribution in [3.05, 3.63) is 42.0 Å². The lowest BCUT2D eigenvalue weighted by molar-refractivity contribution is -0.139. The monoisotopic (exact) mass is 325 g/mol. The summed E-state index contributed by atoms with van der Waals surface area (Å²) in [5, 5.41) is 11.5. The summed E-state index contributed by atoms with van der Waals surface area (Å²) in [7, 11) is -3.46. The highest BCUT2D eigenvalue weighted by molar-refractivity contribution is 7.90. The van der Waals surface area contributed by atoms with E-state index in [4.69, 9.17) is 5.11 Å². The Morgan fingerprint density at radius 3 is 2.55 bits per heavy atom. The predicted molar refractivity (Wildman–Crippen MR) is 82.6 cm³/mol. The molecule has 1 rings (SSSR count). The first kappa shape index (κ1) is 17.9. The molecule has 6 nitrogen and oxygen atoms in total. The van der Waals surface area contributed by atoms with Gasteiger partial charge in [0.15, 0.2) is 9.84 Å². The van der Waals surface area contributed by atoms with E-state index in [1.807, 2.05) is 0 Å². The molecule has 1 amide bonds. The van der Waals surface area contributed by atoms with Gasteiger partial charge in [0.2, 0.25) is 0 Å². The summed E-state index contributed by atoms with van der Waals surface area (Å²) < 4.78 is 23.3. The predicted octanol–water partition coefficient (Wildman–Crippen LogP) is 1.55. The van der Waals surface area contributed by atoms with Crippen LogP contribution in [0.2, 0.25) is 0 Å². The Kier molecular flexibility index (Phi) is 5.87. The lowest BCUT2D eigenvalue weighted by Crippen LogP contribution is -2.40. The van der Waals surface area contributed by atoms with E-state index in [0.717, 1.165) is 6.26 Å².